The van der Waals surface area contributed by atoms with Gasteiger partial charge in [0.25, 0.3) is 17.5 Å². The van der Waals surface area contributed by atoms with Gasteiger partial charge in [-0.25, -0.2) is 0 Å². The molecule has 0 spiro atoms. The highest BCUT2D eigenvalue weighted by atomic mass is 32.1. The zero-order valence-electron chi connectivity index (χ0n) is 15.9. The van der Waals surface area contributed by atoms with E-state index in [0.29, 0.717) is 27.6 Å². The number of nitro benzene ring substituents is 1. The van der Waals surface area contributed by atoms with E-state index in [2.05, 4.69) is 10.6 Å². The summed E-state index contributed by atoms with van der Waals surface area (Å²) in [7, 11) is 0. The van der Waals surface area contributed by atoms with Crippen LogP contribution in [0.5, 0.6) is 0 Å². The molecule has 0 atom stereocenters. The van der Waals surface area contributed by atoms with Crippen molar-refractivity contribution in [2.24, 2.45) is 0 Å². The average molecular weight is 433 g/mol. The molecule has 0 saturated heterocycles. The van der Waals surface area contributed by atoms with E-state index in [-0.39, 0.29) is 17.4 Å². The summed E-state index contributed by atoms with van der Waals surface area (Å²) in [5, 5.41) is 18.3. The fourth-order valence-electron chi connectivity index (χ4n) is 2.86. The predicted molar refractivity (Wildman–Crippen MR) is 117 cm³/mol. The van der Waals surface area contributed by atoms with Crippen molar-refractivity contribution in [3.05, 3.63) is 98.9 Å². The quantitative estimate of drug-likeness (QED) is 0.311. The third-order valence-electron chi connectivity index (χ3n) is 4.29. The molecule has 0 aliphatic carbocycles. The van der Waals surface area contributed by atoms with Crippen molar-refractivity contribution in [3.8, 4) is 11.3 Å². The van der Waals surface area contributed by atoms with Crippen molar-refractivity contribution in [2.75, 3.05) is 10.6 Å². The smallest absolute Gasteiger partial charge is 0.291 e. The summed E-state index contributed by atoms with van der Waals surface area (Å²) in [4.78, 5) is 35.8. The highest BCUT2D eigenvalue weighted by molar-refractivity contribution is 7.12. The Balaban J connectivity index is 1.46. The molecule has 0 radical (unpaired) electrons. The average Bonchev–Trinajstić information content (AvgIpc) is 3.46. The molecule has 8 nitrogen and oxygen atoms in total. The Morgan fingerprint density at radius 1 is 0.871 bits per heavy atom. The predicted octanol–water partition coefficient (Wildman–Crippen LogP) is 5.42. The van der Waals surface area contributed by atoms with Crippen molar-refractivity contribution >= 4 is 40.2 Å². The molecule has 4 aromatic rings. The minimum Gasteiger partial charge on any atom is -0.451 e. The SMILES string of the molecule is O=C(Nc1cccc(NC(=O)c2cccs2)c1)c1ccc(-c2cccc([N+](=O)[O-])c2)o1. The molecule has 154 valence electrons. The van der Waals surface area contributed by atoms with Crippen LogP contribution in [0.25, 0.3) is 11.3 Å². The van der Waals surface area contributed by atoms with Crippen LogP contribution in [0.4, 0.5) is 17.1 Å². The first-order valence-corrected chi connectivity index (χ1v) is 9.98. The molecule has 2 heterocycles. The van der Waals surface area contributed by atoms with Gasteiger partial charge in [0.15, 0.2) is 5.76 Å². The molecule has 0 saturated carbocycles. The van der Waals surface area contributed by atoms with E-state index in [4.69, 9.17) is 4.42 Å². The maximum absolute atomic E-state index is 12.6. The molecule has 0 aliphatic heterocycles. The summed E-state index contributed by atoms with van der Waals surface area (Å²) >= 11 is 1.33. The van der Waals surface area contributed by atoms with Crippen molar-refractivity contribution < 1.29 is 18.9 Å². The van der Waals surface area contributed by atoms with Crippen molar-refractivity contribution in [2.45, 2.75) is 0 Å². The second-order valence-corrected chi connectivity index (χ2v) is 7.39. The zero-order chi connectivity index (χ0) is 21.8. The number of carbonyl (C=O) groups excluding carboxylic acids is 2. The lowest BCUT2D eigenvalue weighted by molar-refractivity contribution is -0.384. The molecule has 0 fully saturated rings. The van der Waals surface area contributed by atoms with E-state index in [1.54, 1.807) is 54.6 Å². The van der Waals surface area contributed by atoms with Gasteiger partial charge in [-0.15, -0.1) is 11.3 Å². The molecular formula is C22H15N3O5S. The summed E-state index contributed by atoms with van der Waals surface area (Å²) in [6.45, 7) is 0. The maximum Gasteiger partial charge on any atom is 0.291 e. The van der Waals surface area contributed by atoms with Crippen LogP contribution < -0.4 is 10.6 Å². The monoisotopic (exact) mass is 433 g/mol. The van der Waals surface area contributed by atoms with Gasteiger partial charge in [-0.3, -0.25) is 19.7 Å². The van der Waals surface area contributed by atoms with Crippen molar-refractivity contribution in [1.29, 1.82) is 0 Å². The lowest BCUT2D eigenvalue weighted by atomic mass is 10.1. The van der Waals surface area contributed by atoms with E-state index < -0.39 is 10.8 Å². The Bertz CT molecular complexity index is 1260. The number of hydrogen-bond donors (Lipinski definition) is 2. The van der Waals surface area contributed by atoms with E-state index in [1.807, 2.05) is 5.38 Å². The lowest BCUT2D eigenvalue weighted by Gasteiger charge is -2.07. The standard InChI is InChI=1S/C22H15N3O5S/c26-21(19-10-9-18(30-19)14-4-1-7-17(12-14)25(28)29)23-15-5-2-6-16(13-15)24-22(27)20-8-3-11-31-20/h1-13H,(H,23,26)(H,24,27). The summed E-state index contributed by atoms with van der Waals surface area (Å²) in [6.07, 6.45) is 0. The second-order valence-electron chi connectivity index (χ2n) is 6.44. The van der Waals surface area contributed by atoms with Crippen molar-refractivity contribution in [1.82, 2.24) is 0 Å². The number of non-ortho nitro benzene ring substituents is 1. The molecule has 2 aromatic heterocycles. The van der Waals surface area contributed by atoms with Crippen LogP contribution in [-0.2, 0) is 0 Å². The van der Waals surface area contributed by atoms with E-state index >= 15 is 0 Å². The molecular weight excluding hydrogens is 418 g/mol. The Morgan fingerprint density at radius 2 is 1.61 bits per heavy atom. The van der Waals surface area contributed by atoms with E-state index in [9.17, 15) is 19.7 Å². The van der Waals surface area contributed by atoms with Gasteiger partial charge in [-0.05, 0) is 41.8 Å². The number of hydrogen-bond acceptors (Lipinski definition) is 6. The normalized spacial score (nSPS) is 10.5. The minimum absolute atomic E-state index is 0.0505. The Labute approximate surface area is 180 Å². The molecule has 0 aliphatic rings. The third-order valence-corrected chi connectivity index (χ3v) is 5.16. The molecule has 2 amide bonds. The van der Waals surface area contributed by atoms with Crippen LogP contribution in [0.2, 0.25) is 0 Å². The number of nitrogens with one attached hydrogen (secondary N) is 2. The number of benzene rings is 2. The van der Waals surface area contributed by atoms with Gasteiger partial charge in [0.05, 0.1) is 9.80 Å². The number of thiophene rings is 1. The molecule has 31 heavy (non-hydrogen) atoms. The van der Waals surface area contributed by atoms with Crippen molar-refractivity contribution in [3.63, 3.8) is 0 Å². The third kappa shape index (κ3) is 4.68. The highest BCUT2D eigenvalue weighted by Gasteiger charge is 2.15. The number of rotatable bonds is 6. The number of carbonyl (C=O) groups is 2. The van der Waals surface area contributed by atoms with Gasteiger partial charge in [-0.1, -0.05) is 24.3 Å². The van der Waals surface area contributed by atoms with Gasteiger partial charge in [0.2, 0.25) is 0 Å². The molecule has 2 aromatic carbocycles. The topological polar surface area (TPSA) is 114 Å². The first-order chi connectivity index (χ1) is 15.0. The highest BCUT2D eigenvalue weighted by Crippen LogP contribution is 2.26. The van der Waals surface area contributed by atoms with Gasteiger partial charge in [0.1, 0.15) is 5.76 Å². The minimum atomic E-state index is -0.496. The summed E-state index contributed by atoms with van der Waals surface area (Å²) in [5.41, 5.74) is 1.43. The fourth-order valence-corrected chi connectivity index (χ4v) is 3.47. The lowest BCUT2D eigenvalue weighted by Crippen LogP contribution is -2.12. The van der Waals surface area contributed by atoms with Gasteiger partial charge in [-0.2, -0.15) is 0 Å². The number of nitro groups is 1. The van der Waals surface area contributed by atoms with Crippen LogP contribution in [0.3, 0.4) is 0 Å². The van der Waals surface area contributed by atoms with Crippen LogP contribution in [-0.4, -0.2) is 16.7 Å². The first-order valence-electron chi connectivity index (χ1n) is 9.10. The second kappa shape index (κ2) is 8.64. The summed E-state index contributed by atoms with van der Waals surface area (Å²) < 4.78 is 5.58. The molecule has 0 unspecified atom stereocenters. The molecule has 4 rings (SSSR count). The van der Waals surface area contributed by atoms with Gasteiger partial charge < -0.3 is 15.1 Å². The summed E-state index contributed by atoms with van der Waals surface area (Å²) in [5.74, 6) is -0.329. The van der Waals surface area contributed by atoms with Crippen LogP contribution in [0.1, 0.15) is 20.2 Å². The van der Waals surface area contributed by atoms with E-state index in [0.717, 1.165) is 0 Å². The largest absolute Gasteiger partial charge is 0.451 e. The van der Waals surface area contributed by atoms with Crippen LogP contribution in [0.15, 0.2) is 82.6 Å². The Kier molecular flexibility index (Phi) is 5.59. The fraction of sp³-hybridized carbons (Fsp3) is 0. The first kappa shape index (κ1) is 20.0. The zero-order valence-corrected chi connectivity index (χ0v) is 16.7. The van der Waals surface area contributed by atoms with Gasteiger partial charge >= 0.3 is 0 Å². The Morgan fingerprint density at radius 3 is 2.32 bits per heavy atom. The molecule has 9 heteroatoms. The maximum atomic E-state index is 12.6. The van der Waals surface area contributed by atoms with Crippen LogP contribution in [0, 0.1) is 10.1 Å². The van der Waals surface area contributed by atoms with Crippen LogP contribution >= 0.6 is 11.3 Å². The number of furan rings is 1. The van der Waals surface area contributed by atoms with E-state index in [1.165, 1.54) is 29.5 Å². The number of nitrogens with zero attached hydrogens (tertiary/aromatic N) is 1. The number of amides is 2. The summed E-state index contributed by atoms with van der Waals surface area (Å²) in [6, 6.07) is 19.3. The van der Waals surface area contributed by atoms with Gasteiger partial charge in [0, 0.05) is 29.1 Å². The number of anilines is 2. The molecule has 2 N–H and O–H groups in total. The molecule has 0 bridgehead atoms. The Hall–Kier alpha value is -4.24.